The molecule has 1 aliphatic rings. The summed E-state index contributed by atoms with van der Waals surface area (Å²) in [6.45, 7) is 5.57. The summed E-state index contributed by atoms with van der Waals surface area (Å²) < 4.78 is 11.2. The lowest BCUT2D eigenvalue weighted by atomic mass is 10.1. The van der Waals surface area contributed by atoms with E-state index in [1.807, 2.05) is 24.3 Å². The van der Waals surface area contributed by atoms with E-state index in [2.05, 4.69) is 29.2 Å². The van der Waals surface area contributed by atoms with E-state index in [0.29, 0.717) is 6.61 Å². The van der Waals surface area contributed by atoms with Crippen molar-refractivity contribution in [1.29, 1.82) is 0 Å². The Morgan fingerprint density at radius 3 is 2.54 bits per heavy atom. The Balaban J connectivity index is 1.41. The lowest BCUT2D eigenvalue weighted by Crippen LogP contribution is -2.36. The zero-order chi connectivity index (χ0) is 16.6. The van der Waals surface area contributed by atoms with Gasteiger partial charge in [-0.2, -0.15) is 0 Å². The van der Waals surface area contributed by atoms with E-state index < -0.39 is 0 Å². The number of hydrogen-bond acceptors (Lipinski definition) is 3. The number of aryl methyl sites for hydroxylation is 1. The van der Waals surface area contributed by atoms with Crippen LogP contribution in [-0.4, -0.2) is 37.7 Å². The maximum Gasteiger partial charge on any atom is 0.119 e. The molecule has 0 bridgehead atoms. The molecule has 2 aromatic rings. The van der Waals surface area contributed by atoms with E-state index in [9.17, 15) is 0 Å². The molecule has 1 saturated heterocycles. The molecule has 0 amide bonds. The van der Waals surface area contributed by atoms with Crippen molar-refractivity contribution in [3.63, 3.8) is 0 Å². The molecule has 0 spiro atoms. The van der Waals surface area contributed by atoms with E-state index >= 15 is 0 Å². The number of benzene rings is 2. The third-order valence-corrected chi connectivity index (χ3v) is 4.50. The zero-order valence-electron chi connectivity index (χ0n) is 13.9. The molecule has 4 heteroatoms. The summed E-state index contributed by atoms with van der Waals surface area (Å²) in [5.41, 5.74) is 2.44. The summed E-state index contributed by atoms with van der Waals surface area (Å²) in [6, 6.07) is 16.2. The van der Waals surface area contributed by atoms with Gasteiger partial charge in [-0.1, -0.05) is 35.9 Å². The molecule has 0 N–H and O–H groups in total. The Kier molecular flexibility index (Phi) is 6.53. The molecule has 0 atom stereocenters. The van der Waals surface area contributed by atoms with Crippen molar-refractivity contribution < 1.29 is 9.47 Å². The molecule has 0 saturated carbocycles. The highest BCUT2D eigenvalue weighted by Crippen LogP contribution is 2.17. The number of morpholine rings is 1. The lowest BCUT2D eigenvalue weighted by Gasteiger charge is -2.26. The maximum absolute atomic E-state index is 5.99. The predicted octanol–water partition coefficient (Wildman–Crippen LogP) is 4.18. The summed E-state index contributed by atoms with van der Waals surface area (Å²) in [7, 11) is 0. The molecule has 0 aromatic heterocycles. The Morgan fingerprint density at radius 2 is 1.79 bits per heavy atom. The summed E-state index contributed by atoms with van der Waals surface area (Å²) in [6.07, 6.45) is 2.29. The van der Waals surface area contributed by atoms with Gasteiger partial charge in [0, 0.05) is 18.1 Å². The number of ether oxygens (including phenoxy) is 2. The molecule has 128 valence electrons. The number of nitrogens with zero attached hydrogens (tertiary/aromatic N) is 1. The molecular formula is C20H24ClNO2. The third kappa shape index (κ3) is 5.52. The average Bonchev–Trinajstić information content (AvgIpc) is 2.62. The van der Waals surface area contributed by atoms with E-state index in [1.54, 1.807) is 0 Å². The molecule has 3 nitrogen and oxygen atoms in total. The second kappa shape index (κ2) is 9.07. The van der Waals surface area contributed by atoms with Gasteiger partial charge >= 0.3 is 0 Å². The van der Waals surface area contributed by atoms with Crippen LogP contribution in [0.4, 0.5) is 0 Å². The van der Waals surface area contributed by atoms with Gasteiger partial charge in [0.25, 0.3) is 0 Å². The van der Waals surface area contributed by atoms with Gasteiger partial charge in [-0.3, -0.25) is 4.90 Å². The summed E-state index contributed by atoms with van der Waals surface area (Å²) in [4.78, 5) is 2.48. The summed E-state index contributed by atoms with van der Waals surface area (Å²) >= 11 is 5.99. The smallest absolute Gasteiger partial charge is 0.119 e. The highest BCUT2D eigenvalue weighted by molar-refractivity contribution is 6.30. The standard InChI is InChI=1S/C20H24ClNO2/c21-19-5-1-3-18(15-19)16-24-20-8-6-17(7-9-20)4-2-10-22-11-13-23-14-12-22/h1,3,5-9,15H,2,4,10-14,16H2. The second-order valence-electron chi connectivity index (χ2n) is 6.12. The minimum Gasteiger partial charge on any atom is -0.489 e. The van der Waals surface area contributed by atoms with Crippen molar-refractivity contribution in [2.24, 2.45) is 0 Å². The van der Waals surface area contributed by atoms with Crippen LogP contribution in [0.2, 0.25) is 5.02 Å². The Morgan fingerprint density at radius 1 is 1.00 bits per heavy atom. The Labute approximate surface area is 149 Å². The van der Waals surface area contributed by atoms with Crippen LogP contribution in [0.3, 0.4) is 0 Å². The average molecular weight is 346 g/mol. The van der Waals surface area contributed by atoms with Gasteiger partial charge < -0.3 is 9.47 Å². The van der Waals surface area contributed by atoms with E-state index in [4.69, 9.17) is 21.1 Å². The molecular weight excluding hydrogens is 322 g/mol. The van der Waals surface area contributed by atoms with Crippen molar-refractivity contribution in [3.05, 3.63) is 64.7 Å². The first-order valence-corrected chi connectivity index (χ1v) is 8.94. The van der Waals surface area contributed by atoms with Crippen LogP contribution in [0.25, 0.3) is 0 Å². The quantitative estimate of drug-likeness (QED) is 0.751. The maximum atomic E-state index is 5.99. The number of halogens is 1. The molecule has 3 rings (SSSR count). The lowest BCUT2D eigenvalue weighted by molar-refractivity contribution is 0.0374. The summed E-state index contributed by atoms with van der Waals surface area (Å²) in [5, 5.41) is 0.742. The van der Waals surface area contributed by atoms with Gasteiger partial charge in [0.15, 0.2) is 0 Å². The molecule has 0 aliphatic carbocycles. The fourth-order valence-corrected chi connectivity index (χ4v) is 3.09. The fraction of sp³-hybridized carbons (Fsp3) is 0.400. The van der Waals surface area contributed by atoms with Crippen LogP contribution >= 0.6 is 11.6 Å². The van der Waals surface area contributed by atoms with E-state index in [-0.39, 0.29) is 0 Å². The molecule has 1 fully saturated rings. The largest absolute Gasteiger partial charge is 0.489 e. The second-order valence-corrected chi connectivity index (χ2v) is 6.56. The van der Waals surface area contributed by atoms with Crippen molar-refractivity contribution in [1.82, 2.24) is 4.90 Å². The Bertz CT molecular complexity index is 624. The van der Waals surface area contributed by atoms with Crippen LogP contribution in [0.15, 0.2) is 48.5 Å². The minimum atomic E-state index is 0.539. The van der Waals surface area contributed by atoms with Crippen molar-refractivity contribution in [2.75, 3.05) is 32.8 Å². The predicted molar refractivity (Wildman–Crippen MR) is 97.8 cm³/mol. The zero-order valence-corrected chi connectivity index (χ0v) is 14.7. The van der Waals surface area contributed by atoms with E-state index in [1.165, 1.54) is 12.0 Å². The van der Waals surface area contributed by atoms with Crippen LogP contribution in [0.1, 0.15) is 17.5 Å². The molecule has 1 aliphatic heterocycles. The Hall–Kier alpha value is -1.55. The summed E-state index contributed by atoms with van der Waals surface area (Å²) in [5.74, 6) is 0.895. The van der Waals surface area contributed by atoms with Gasteiger partial charge in [0.2, 0.25) is 0 Å². The highest BCUT2D eigenvalue weighted by atomic mass is 35.5. The van der Waals surface area contributed by atoms with Gasteiger partial charge in [0.05, 0.1) is 13.2 Å². The first kappa shape index (κ1) is 17.3. The topological polar surface area (TPSA) is 21.7 Å². The monoisotopic (exact) mass is 345 g/mol. The molecule has 2 aromatic carbocycles. The van der Waals surface area contributed by atoms with Gasteiger partial charge in [-0.15, -0.1) is 0 Å². The number of rotatable bonds is 7. The van der Waals surface area contributed by atoms with Crippen molar-refractivity contribution >= 4 is 11.6 Å². The van der Waals surface area contributed by atoms with Crippen LogP contribution in [-0.2, 0) is 17.8 Å². The first-order chi connectivity index (χ1) is 11.8. The van der Waals surface area contributed by atoms with Crippen molar-refractivity contribution in [2.45, 2.75) is 19.4 Å². The van der Waals surface area contributed by atoms with Crippen LogP contribution in [0.5, 0.6) is 5.75 Å². The van der Waals surface area contributed by atoms with Crippen LogP contribution in [0, 0.1) is 0 Å². The molecule has 24 heavy (non-hydrogen) atoms. The van der Waals surface area contributed by atoms with Gasteiger partial charge in [0.1, 0.15) is 12.4 Å². The van der Waals surface area contributed by atoms with Crippen molar-refractivity contribution in [3.8, 4) is 5.75 Å². The van der Waals surface area contributed by atoms with Crippen LogP contribution < -0.4 is 4.74 Å². The third-order valence-electron chi connectivity index (χ3n) is 4.26. The first-order valence-electron chi connectivity index (χ1n) is 8.56. The normalized spacial score (nSPS) is 15.4. The number of hydrogen-bond donors (Lipinski definition) is 0. The van der Waals surface area contributed by atoms with E-state index in [0.717, 1.165) is 55.6 Å². The van der Waals surface area contributed by atoms with Gasteiger partial charge in [-0.25, -0.2) is 0 Å². The molecule has 1 heterocycles. The highest BCUT2D eigenvalue weighted by Gasteiger charge is 2.09. The molecule has 0 radical (unpaired) electrons. The minimum absolute atomic E-state index is 0.539. The molecule has 0 unspecified atom stereocenters. The van der Waals surface area contributed by atoms with Gasteiger partial charge in [-0.05, 0) is 54.8 Å². The SMILES string of the molecule is Clc1cccc(COc2ccc(CCCN3CCOCC3)cc2)c1. The fourth-order valence-electron chi connectivity index (χ4n) is 2.88.